The van der Waals surface area contributed by atoms with Crippen LogP contribution in [0, 0.1) is 0 Å². The zero-order chi connectivity index (χ0) is 20.0. The molecule has 0 aliphatic heterocycles. The fourth-order valence-corrected chi connectivity index (χ4v) is 3.32. The summed E-state index contributed by atoms with van der Waals surface area (Å²) >= 11 is 0. The topological polar surface area (TPSA) is 94.7 Å². The summed E-state index contributed by atoms with van der Waals surface area (Å²) in [4.78, 5) is 9.16. The van der Waals surface area contributed by atoms with Crippen LogP contribution in [0.25, 0.3) is 22.4 Å². The number of hydrogen-bond acceptors (Lipinski definition) is 7. The Kier molecular flexibility index (Phi) is 4.08. The zero-order valence-electron chi connectivity index (χ0n) is 16.5. The van der Waals surface area contributed by atoms with Crippen LogP contribution in [0.4, 0.5) is 17.3 Å². The fourth-order valence-electron chi connectivity index (χ4n) is 3.32. The molecule has 5 rings (SSSR count). The van der Waals surface area contributed by atoms with E-state index >= 15 is 0 Å². The lowest BCUT2D eigenvalue weighted by molar-refractivity contribution is 0.414. The van der Waals surface area contributed by atoms with Gasteiger partial charge in [0.15, 0.2) is 5.65 Å². The maximum atomic E-state index is 5.42. The van der Waals surface area contributed by atoms with Crippen molar-refractivity contribution in [1.82, 2.24) is 29.5 Å². The van der Waals surface area contributed by atoms with Crippen molar-refractivity contribution in [3.63, 3.8) is 0 Å². The van der Waals surface area contributed by atoms with Crippen LogP contribution in [-0.2, 0) is 14.1 Å². The first-order valence-corrected chi connectivity index (χ1v) is 9.52. The first kappa shape index (κ1) is 17.5. The molecule has 0 atom stereocenters. The van der Waals surface area contributed by atoms with Crippen molar-refractivity contribution >= 4 is 28.4 Å². The van der Waals surface area contributed by atoms with Crippen molar-refractivity contribution in [1.29, 1.82) is 0 Å². The summed E-state index contributed by atoms with van der Waals surface area (Å²) < 4.78 is 8.97. The third-order valence-electron chi connectivity index (χ3n) is 5.01. The molecule has 29 heavy (non-hydrogen) atoms. The van der Waals surface area contributed by atoms with Crippen molar-refractivity contribution in [2.75, 3.05) is 17.7 Å². The first-order valence-electron chi connectivity index (χ1n) is 9.52. The number of hydrogen-bond donors (Lipinski definition) is 2. The number of aromatic nitrogens is 6. The number of fused-ring (bicyclic) bond motifs is 1. The lowest BCUT2D eigenvalue weighted by Gasteiger charge is -2.11. The van der Waals surface area contributed by atoms with Crippen LogP contribution in [0.1, 0.15) is 12.8 Å². The van der Waals surface area contributed by atoms with Crippen LogP contribution in [0.3, 0.4) is 0 Å². The monoisotopic (exact) mass is 390 g/mol. The fraction of sp³-hybridized carbons (Fsp3) is 0.300. The summed E-state index contributed by atoms with van der Waals surface area (Å²) in [5, 5.41) is 16.9. The largest absolute Gasteiger partial charge is 0.494 e. The number of nitrogens with one attached hydrogen (secondary N) is 2. The highest BCUT2D eigenvalue weighted by Gasteiger charge is 2.23. The van der Waals surface area contributed by atoms with Crippen molar-refractivity contribution in [3.8, 4) is 17.1 Å². The molecule has 0 aromatic carbocycles. The van der Waals surface area contributed by atoms with Gasteiger partial charge in [-0.1, -0.05) is 0 Å². The normalized spacial score (nSPS) is 13.6. The van der Waals surface area contributed by atoms with Crippen LogP contribution in [0.15, 0.2) is 36.7 Å². The van der Waals surface area contributed by atoms with Gasteiger partial charge in [0.25, 0.3) is 0 Å². The Balaban J connectivity index is 1.51. The van der Waals surface area contributed by atoms with Gasteiger partial charge in [-0.15, -0.1) is 0 Å². The second-order valence-corrected chi connectivity index (χ2v) is 7.20. The minimum absolute atomic E-state index is 0.536. The number of aryl methyl sites for hydroxylation is 2. The highest BCUT2D eigenvalue weighted by molar-refractivity contribution is 5.91. The Bertz CT molecular complexity index is 1190. The Morgan fingerprint density at radius 3 is 2.83 bits per heavy atom. The molecule has 0 amide bonds. The van der Waals surface area contributed by atoms with E-state index in [9.17, 15) is 0 Å². The maximum absolute atomic E-state index is 5.42. The molecule has 0 saturated heterocycles. The lowest BCUT2D eigenvalue weighted by Crippen LogP contribution is -2.05. The van der Waals surface area contributed by atoms with E-state index in [1.165, 1.54) is 12.8 Å². The van der Waals surface area contributed by atoms with Crippen LogP contribution in [-0.4, -0.2) is 42.7 Å². The third-order valence-corrected chi connectivity index (χ3v) is 5.01. The highest BCUT2D eigenvalue weighted by Crippen LogP contribution is 2.33. The number of methoxy groups -OCH3 is 1. The third kappa shape index (κ3) is 3.24. The van der Waals surface area contributed by atoms with Gasteiger partial charge in [0.05, 0.1) is 24.4 Å². The predicted molar refractivity (Wildman–Crippen MR) is 111 cm³/mol. The van der Waals surface area contributed by atoms with Gasteiger partial charge in [-0.25, -0.2) is 4.98 Å². The minimum atomic E-state index is 0.536. The van der Waals surface area contributed by atoms with Crippen molar-refractivity contribution < 1.29 is 4.74 Å². The summed E-state index contributed by atoms with van der Waals surface area (Å²) in [6.45, 7) is 0. The van der Waals surface area contributed by atoms with E-state index in [1.54, 1.807) is 22.7 Å². The smallest absolute Gasteiger partial charge is 0.161 e. The number of ether oxygens (including phenoxy) is 1. The Morgan fingerprint density at radius 2 is 2.03 bits per heavy atom. The van der Waals surface area contributed by atoms with Crippen molar-refractivity contribution in [2.45, 2.75) is 18.9 Å². The molecule has 0 spiro atoms. The van der Waals surface area contributed by atoms with E-state index in [0.717, 1.165) is 34.1 Å². The van der Waals surface area contributed by atoms with E-state index in [-0.39, 0.29) is 0 Å². The highest BCUT2D eigenvalue weighted by atomic mass is 16.5. The number of rotatable bonds is 6. The molecule has 0 radical (unpaired) electrons. The van der Waals surface area contributed by atoms with Crippen molar-refractivity contribution in [3.05, 3.63) is 36.7 Å². The molecule has 0 bridgehead atoms. The van der Waals surface area contributed by atoms with Gasteiger partial charge in [-0.2, -0.15) is 10.2 Å². The molecule has 1 saturated carbocycles. The Morgan fingerprint density at radius 1 is 1.17 bits per heavy atom. The molecule has 4 heterocycles. The second kappa shape index (κ2) is 6.77. The summed E-state index contributed by atoms with van der Waals surface area (Å²) in [6.07, 6.45) is 5.98. The first-order chi connectivity index (χ1) is 14.1. The molecule has 1 aliphatic rings. The van der Waals surface area contributed by atoms with Gasteiger partial charge in [-0.3, -0.25) is 14.3 Å². The van der Waals surface area contributed by atoms with Gasteiger partial charge >= 0.3 is 0 Å². The quantitative estimate of drug-likeness (QED) is 0.522. The average Bonchev–Trinajstić information content (AvgIpc) is 3.37. The summed E-state index contributed by atoms with van der Waals surface area (Å²) in [6, 6.07) is 8.21. The van der Waals surface area contributed by atoms with Crippen LogP contribution < -0.4 is 15.4 Å². The average molecular weight is 390 g/mol. The molecular weight excluding hydrogens is 368 g/mol. The molecule has 1 fully saturated rings. The molecule has 9 heteroatoms. The number of pyridine rings is 2. The van der Waals surface area contributed by atoms with Gasteiger partial charge in [0.1, 0.15) is 28.8 Å². The summed E-state index contributed by atoms with van der Waals surface area (Å²) in [5.74, 6) is 2.22. The Hall–Kier alpha value is -3.62. The molecule has 0 unspecified atom stereocenters. The van der Waals surface area contributed by atoms with Crippen LogP contribution >= 0.6 is 0 Å². The molecule has 148 valence electrons. The zero-order valence-corrected chi connectivity index (χ0v) is 16.5. The molecular formula is C20H22N8O. The number of anilines is 3. The van der Waals surface area contributed by atoms with E-state index < -0.39 is 0 Å². The van der Waals surface area contributed by atoms with Gasteiger partial charge in [-0.05, 0) is 25.0 Å². The van der Waals surface area contributed by atoms with Gasteiger partial charge < -0.3 is 15.4 Å². The van der Waals surface area contributed by atoms with Gasteiger partial charge in [0, 0.05) is 38.5 Å². The summed E-state index contributed by atoms with van der Waals surface area (Å²) in [5.41, 5.74) is 3.30. The molecule has 4 aromatic heterocycles. The van der Waals surface area contributed by atoms with E-state index in [1.807, 2.05) is 44.6 Å². The molecule has 1 aliphatic carbocycles. The molecule has 2 N–H and O–H groups in total. The SMILES string of the molecule is COc1cccnc1-c1cc(Nc2cc(NC3CC3)c3cnn(C)c3n2)n(C)n1. The van der Waals surface area contributed by atoms with E-state index in [4.69, 9.17) is 9.72 Å². The number of nitrogens with zero attached hydrogens (tertiary/aromatic N) is 6. The predicted octanol–water partition coefficient (Wildman–Crippen LogP) is 3.09. The van der Waals surface area contributed by atoms with E-state index in [2.05, 4.69) is 25.8 Å². The minimum Gasteiger partial charge on any atom is -0.494 e. The maximum Gasteiger partial charge on any atom is 0.161 e. The summed E-state index contributed by atoms with van der Waals surface area (Å²) in [7, 11) is 5.41. The lowest BCUT2D eigenvalue weighted by atomic mass is 10.2. The molecule has 4 aromatic rings. The van der Waals surface area contributed by atoms with Crippen molar-refractivity contribution in [2.24, 2.45) is 14.1 Å². The van der Waals surface area contributed by atoms with Crippen LogP contribution in [0.2, 0.25) is 0 Å². The Labute approximate surface area is 167 Å². The van der Waals surface area contributed by atoms with E-state index in [0.29, 0.717) is 17.5 Å². The second-order valence-electron chi connectivity index (χ2n) is 7.20. The standard InChI is InChI=1S/C20H22N8O/c1-27-18(10-15(26-27)19-16(29-3)5-4-8-21-19)24-17-9-14(23-12-6-7-12)13-11-22-28(2)20(13)25-17/h4-5,8-12H,6-7H2,1-3H3,(H2,23,24,25). The molecule has 9 nitrogen and oxygen atoms in total. The van der Waals surface area contributed by atoms with Crippen LogP contribution in [0.5, 0.6) is 5.75 Å². The van der Waals surface area contributed by atoms with Gasteiger partial charge in [0.2, 0.25) is 0 Å².